The first-order chi connectivity index (χ1) is 6.70. The molecule has 1 aromatic rings. The molecule has 14 heavy (non-hydrogen) atoms. The molecule has 0 saturated carbocycles. The van der Waals surface area contributed by atoms with Crippen molar-refractivity contribution in [1.29, 1.82) is 0 Å². The van der Waals surface area contributed by atoms with Crippen molar-refractivity contribution < 1.29 is 0 Å². The first-order valence-corrected chi connectivity index (χ1v) is 5.64. The lowest BCUT2D eigenvalue weighted by Crippen LogP contribution is -2.19. The molecular weight excluding hydrogens is 174 g/mol. The first kappa shape index (κ1) is 9.69. The normalized spacial score (nSPS) is 21.3. The summed E-state index contributed by atoms with van der Waals surface area (Å²) in [4.78, 5) is 4.60. The van der Waals surface area contributed by atoms with E-state index in [1.807, 2.05) is 0 Å². The molecule has 0 amide bonds. The molecule has 1 aromatic heterocycles. The number of hydrogen-bond acceptors (Lipinski definition) is 2. The van der Waals surface area contributed by atoms with Crippen LogP contribution >= 0.6 is 0 Å². The van der Waals surface area contributed by atoms with Crippen LogP contribution < -0.4 is 0 Å². The minimum Gasteiger partial charge on any atom is -0.250 e. The van der Waals surface area contributed by atoms with E-state index in [0.717, 1.165) is 24.7 Å². The van der Waals surface area contributed by atoms with Crippen molar-refractivity contribution in [3.8, 4) is 0 Å². The average Bonchev–Trinajstić information content (AvgIpc) is 2.59. The second-order valence-corrected chi connectivity index (χ2v) is 4.53. The van der Waals surface area contributed by atoms with E-state index < -0.39 is 0 Å². The Labute approximate surface area is 85.5 Å². The van der Waals surface area contributed by atoms with Crippen LogP contribution in [0.4, 0.5) is 0 Å². The second kappa shape index (κ2) is 3.71. The van der Waals surface area contributed by atoms with E-state index in [9.17, 15) is 0 Å². The van der Waals surface area contributed by atoms with Crippen molar-refractivity contribution in [2.45, 2.75) is 52.5 Å². The lowest BCUT2D eigenvalue weighted by atomic mass is 9.96. The highest BCUT2D eigenvalue weighted by atomic mass is 15.4. The summed E-state index contributed by atoms with van der Waals surface area (Å²) >= 11 is 0. The fourth-order valence-electron chi connectivity index (χ4n) is 1.98. The molecule has 3 nitrogen and oxygen atoms in total. The summed E-state index contributed by atoms with van der Waals surface area (Å²) < 4.78 is 2.10. The molecule has 0 bridgehead atoms. The number of fused-ring (bicyclic) bond motifs is 1. The van der Waals surface area contributed by atoms with Gasteiger partial charge in [-0.3, -0.25) is 0 Å². The molecule has 0 aromatic carbocycles. The maximum atomic E-state index is 4.60. The van der Waals surface area contributed by atoms with Crippen LogP contribution in [0.15, 0.2) is 0 Å². The van der Waals surface area contributed by atoms with Gasteiger partial charge in [-0.25, -0.2) is 9.67 Å². The van der Waals surface area contributed by atoms with Crippen LogP contribution in [0.3, 0.4) is 0 Å². The average molecular weight is 193 g/mol. The Balaban J connectivity index is 2.21. The molecule has 0 saturated heterocycles. The van der Waals surface area contributed by atoms with Gasteiger partial charge in [0.15, 0.2) is 5.82 Å². The standard InChI is InChI=1S/C11H19N3/c1-4-9-5-6-14-10(7-9)12-11(13-14)8(2)3/h8-9H,4-7H2,1-3H3. The van der Waals surface area contributed by atoms with Gasteiger partial charge in [0.05, 0.1) is 0 Å². The van der Waals surface area contributed by atoms with E-state index in [1.54, 1.807) is 0 Å². The third-order valence-corrected chi connectivity index (χ3v) is 3.08. The van der Waals surface area contributed by atoms with Crippen LogP contribution in [0.25, 0.3) is 0 Å². The molecule has 0 radical (unpaired) electrons. The van der Waals surface area contributed by atoms with Gasteiger partial charge in [0, 0.05) is 18.9 Å². The lowest BCUT2D eigenvalue weighted by Gasteiger charge is -2.20. The van der Waals surface area contributed by atoms with Crippen LogP contribution in [0.1, 0.15) is 51.2 Å². The summed E-state index contributed by atoms with van der Waals surface area (Å²) in [6.07, 6.45) is 3.66. The molecule has 2 heterocycles. The molecule has 1 atom stereocenters. The Morgan fingerprint density at radius 1 is 1.50 bits per heavy atom. The highest BCUT2D eigenvalue weighted by Crippen LogP contribution is 2.22. The van der Waals surface area contributed by atoms with E-state index in [1.165, 1.54) is 18.7 Å². The summed E-state index contributed by atoms with van der Waals surface area (Å²) in [7, 11) is 0. The topological polar surface area (TPSA) is 30.7 Å². The summed E-state index contributed by atoms with van der Waals surface area (Å²) in [6, 6.07) is 0. The predicted molar refractivity (Wildman–Crippen MR) is 56.2 cm³/mol. The first-order valence-electron chi connectivity index (χ1n) is 5.64. The fourth-order valence-corrected chi connectivity index (χ4v) is 1.98. The maximum Gasteiger partial charge on any atom is 0.153 e. The highest BCUT2D eigenvalue weighted by molar-refractivity contribution is 5.00. The van der Waals surface area contributed by atoms with E-state index in [0.29, 0.717) is 5.92 Å². The molecule has 3 heteroatoms. The number of hydrogen-bond donors (Lipinski definition) is 0. The Morgan fingerprint density at radius 2 is 2.29 bits per heavy atom. The molecule has 0 aliphatic carbocycles. The molecule has 1 aliphatic rings. The van der Waals surface area contributed by atoms with Crippen molar-refractivity contribution in [3.05, 3.63) is 11.6 Å². The van der Waals surface area contributed by atoms with Gasteiger partial charge in [0.2, 0.25) is 0 Å². The van der Waals surface area contributed by atoms with Gasteiger partial charge in [0.25, 0.3) is 0 Å². The van der Waals surface area contributed by atoms with Gasteiger partial charge in [-0.2, -0.15) is 5.10 Å². The summed E-state index contributed by atoms with van der Waals surface area (Å²) in [5, 5.41) is 4.52. The van der Waals surface area contributed by atoms with E-state index in [-0.39, 0.29) is 0 Å². The fraction of sp³-hybridized carbons (Fsp3) is 0.818. The van der Waals surface area contributed by atoms with Crippen molar-refractivity contribution in [2.75, 3.05) is 0 Å². The summed E-state index contributed by atoms with van der Waals surface area (Å²) in [5.74, 6) is 3.49. The third kappa shape index (κ3) is 1.68. The van der Waals surface area contributed by atoms with Crippen LogP contribution in [-0.4, -0.2) is 14.8 Å². The highest BCUT2D eigenvalue weighted by Gasteiger charge is 2.21. The summed E-state index contributed by atoms with van der Waals surface area (Å²) in [5.41, 5.74) is 0. The SMILES string of the molecule is CCC1CCn2nc(C(C)C)nc2C1. The molecule has 1 unspecified atom stereocenters. The van der Waals surface area contributed by atoms with Gasteiger partial charge in [0.1, 0.15) is 5.82 Å². The molecule has 0 N–H and O–H groups in total. The quantitative estimate of drug-likeness (QED) is 0.722. The molecule has 0 spiro atoms. The van der Waals surface area contributed by atoms with E-state index in [2.05, 4.69) is 35.5 Å². The lowest BCUT2D eigenvalue weighted by molar-refractivity contribution is 0.354. The number of rotatable bonds is 2. The zero-order valence-electron chi connectivity index (χ0n) is 9.32. The predicted octanol–water partition coefficient (Wildman–Crippen LogP) is 2.37. The molecule has 1 aliphatic heterocycles. The summed E-state index contributed by atoms with van der Waals surface area (Å²) in [6.45, 7) is 7.63. The smallest absolute Gasteiger partial charge is 0.153 e. The Kier molecular flexibility index (Phi) is 2.57. The van der Waals surface area contributed by atoms with Crippen molar-refractivity contribution >= 4 is 0 Å². The maximum absolute atomic E-state index is 4.60. The minimum atomic E-state index is 0.452. The van der Waals surface area contributed by atoms with E-state index >= 15 is 0 Å². The van der Waals surface area contributed by atoms with Crippen LogP contribution in [0.2, 0.25) is 0 Å². The third-order valence-electron chi connectivity index (χ3n) is 3.08. The Bertz CT molecular complexity index is 314. The monoisotopic (exact) mass is 193 g/mol. The van der Waals surface area contributed by atoms with Gasteiger partial charge >= 0.3 is 0 Å². The van der Waals surface area contributed by atoms with Gasteiger partial charge in [-0.05, 0) is 12.3 Å². The van der Waals surface area contributed by atoms with Crippen molar-refractivity contribution in [3.63, 3.8) is 0 Å². The molecule has 78 valence electrons. The molecule has 2 rings (SSSR count). The van der Waals surface area contributed by atoms with Crippen molar-refractivity contribution in [2.24, 2.45) is 5.92 Å². The Hall–Kier alpha value is -0.860. The van der Waals surface area contributed by atoms with Crippen LogP contribution in [0, 0.1) is 5.92 Å². The molecule has 0 fully saturated rings. The van der Waals surface area contributed by atoms with Crippen LogP contribution in [0.5, 0.6) is 0 Å². The van der Waals surface area contributed by atoms with Crippen molar-refractivity contribution in [1.82, 2.24) is 14.8 Å². The van der Waals surface area contributed by atoms with Gasteiger partial charge in [-0.1, -0.05) is 27.2 Å². The zero-order valence-corrected chi connectivity index (χ0v) is 9.32. The molecular formula is C11H19N3. The number of aryl methyl sites for hydroxylation is 1. The van der Waals surface area contributed by atoms with Crippen LogP contribution in [-0.2, 0) is 13.0 Å². The number of aromatic nitrogens is 3. The Morgan fingerprint density at radius 3 is 2.93 bits per heavy atom. The largest absolute Gasteiger partial charge is 0.250 e. The van der Waals surface area contributed by atoms with Gasteiger partial charge < -0.3 is 0 Å². The minimum absolute atomic E-state index is 0.452. The van der Waals surface area contributed by atoms with E-state index in [4.69, 9.17) is 0 Å². The van der Waals surface area contributed by atoms with Gasteiger partial charge in [-0.15, -0.1) is 0 Å². The zero-order chi connectivity index (χ0) is 10.1. The number of nitrogens with zero attached hydrogens (tertiary/aromatic N) is 3. The second-order valence-electron chi connectivity index (χ2n) is 4.53.